The van der Waals surface area contributed by atoms with Crippen LogP contribution >= 0.6 is 11.8 Å². The van der Waals surface area contributed by atoms with Gasteiger partial charge in [-0.2, -0.15) is 11.8 Å². The van der Waals surface area contributed by atoms with Gasteiger partial charge in [-0.05, 0) is 67.3 Å². The van der Waals surface area contributed by atoms with E-state index in [1.807, 2.05) is 12.1 Å². The van der Waals surface area contributed by atoms with Crippen LogP contribution in [0.2, 0.25) is 0 Å². The van der Waals surface area contributed by atoms with Gasteiger partial charge in [-0.1, -0.05) is 19.1 Å². The normalized spacial score (nSPS) is 24.5. The van der Waals surface area contributed by atoms with E-state index in [9.17, 15) is 9.90 Å². The summed E-state index contributed by atoms with van der Waals surface area (Å²) >= 11 is 1.79. The lowest BCUT2D eigenvalue weighted by molar-refractivity contribution is -0.134. The number of carbonyl (C=O) groups excluding carboxylic acids is 1. The first-order valence-corrected chi connectivity index (χ1v) is 10.1. The van der Waals surface area contributed by atoms with Gasteiger partial charge in [-0.15, -0.1) is 0 Å². The molecule has 0 spiro atoms. The van der Waals surface area contributed by atoms with Crippen molar-refractivity contribution in [2.24, 2.45) is 5.92 Å². The molecule has 1 amide bonds. The van der Waals surface area contributed by atoms with Gasteiger partial charge in [0, 0.05) is 18.8 Å². The molecular formula is C19H28N2O2S. The van der Waals surface area contributed by atoms with Crippen molar-refractivity contribution in [1.29, 1.82) is 0 Å². The maximum Gasteiger partial charge on any atom is 0.256 e. The van der Waals surface area contributed by atoms with E-state index in [0.29, 0.717) is 12.8 Å². The topological polar surface area (TPSA) is 52.6 Å². The van der Waals surface area contributed by atoms with Crippen molar-refractivity contribution in [3.8, 4) is 0 Å². The van der Waals surface area contributed by atoms with E-state index in [1.165, 1.54) is 31.5 Å². The van der Waals surface area contributed by atoms with Gasteiger partial charge in [-0.3, -0.25) is 9.69 Å². The average molecular weight is 349 g/mol. The summed E-state index contributed by atoms with van der Waals surface area (Å²) in [5.41, 5.74) is 0.839. The first-order valence-electron chi connectivity index (χ1n) is 8.98. The molecule has 1 aromatic rings. The van der Waals surface area contributed by atoms with Crippen molar-refractivity contribution < 1.29 is 9.90 Å². The highest BCUT2D eigenvalue weighted by molar-refractivity contribution is 7.99. The van der Waals surface area contributed by atoms with Crippen LogP contribution in [0.15, 0.2) is 24.3 Å². The molecule has 1 atom stereocenters. The standard InChI is InChI=1S/C19H28N2O2S/c1-15-3-2-10-21(13-15)14-16-4-6-17(7-5-16)20-18(22)19(23)8-11-24-12-9-19/h4-7,15,23H,2-3,8-14H2,1H3,(H,20,22). The average Bonchev–Trinajstić information content (AvgIpc) is 2.57. The van der Waals surface area contributed by atoms with Crippen LogP contribution < -0.4 is 5.32 Å². The van der Waals surface area contributed by atoms with E-state index in [1.54, 1.807) is 11.8 Å². The summed E-state index contributed by atoms with van der Waals surface area (Å²) in [4.78, 5) is 14.9. The van der Waals surface area contributed by atoms with Gasteiger partial charge in [0.2, 0.25) is 0 Å². The Bertz CT molecular complexity index is 555. The second kappa shape index (κ2) is 7.89. The number of amides is 1. The van der Waals surface area contributed by atoms with E-state index in [4.69, 9.17) is 0 Å². The van der Waals surface area contributed by atoms with Gasteiger partial charge in [0.15, 0.2) is 0 Å². The second-order valence-corrected chi connectivity index (χ2v) is 8.50. The Balaban J connectivity index is 1.55. The Hall–Kier alpha value is -1.04. The minimum Gasteiger partial charge on any atom is -0.380 e. The fourth-order valence-electron chi connectivity index (χ4n) is 3.57. The third-order valence-corrected chi connectivity index (χ3v) is 6.09. The van der Waals surface area contributed by atoms with Crippen molar-refractivity contribution in [3.05, 3.63) is 29.8 Å². The van der Waals surface area contributed by atoms with Crippen LogP contribution in [-0.2, 0) is 11.3 Å². The molecule has 0 aromatic heterocycles. The lowest BCUT2D eigenvalue weighted by atomic mass is 9.95. The van der Waals surface area contributed by atoms with Crippen LogP contribution in [-0.4, -0.2) is 46.1 Å². The van der Waals surface area contributed by atoms with Crippen LogP contribution in [0.4, 0.5) is 5.69 Å². The first-order chi connectivity index (χ1) is 11.5. The van der Waals surface area contributed by atoms with E-state index >= 15 is 0 Å². The summed E-state index contributed by atoms with van der Waals surface area (Å²) in [6.45, 7) is 5.64. The van der Waals surface area contributed by atoms with E-state index in [2.05, 4.69) is 29.3 Å². The lowest BCUT2D eigenvalue weighted by Gasteiger charge is -2.31. The number of nitrogens with one attached hydrogen (secondary N) is 1. The Labute approximate surface area is 149 Å². The number of benzene rings is 1. The number of thioether (sulfide) groups is 1. The molecule has 2 saturated heterocycles. The maximum atomic E-state index is 12.3. The Morgan fingerprint density at radius 2 is 2.04 bits per heavy atom. The number of hydrogen-bond acceptors (Lipinski definition) is 4. The lowest BCUT2D eigenvalue weighted by Crippen LogP contribution is -2.45. The highest BCUT2D eigenvalue weighted by Crippen LogP contribution is 2.28. The Morgan fingerprint density at radius 1 is 1.33 bits per heavy atom. The summed E-state index contributed by atoms with van der Waals surface area (Å²) < 4.78 is 0. The van der Waals surface area contributed by atoms with Crippen LogP contribution in [0.5, 0.6) is 0 Å². The summed E-state index contributed by atoms with van der Waals surface area (Å²) in [6.07, 6.45) is 3.69. The zero-order valence-electron chi connectivity index (χ0n) is 14.5. The Kier molecular flexibility index (Phi) is 5.85. The van der Waals surface area contributed by atoms with Crippen LogP contribution in [0, 0.1) is 5.92 Å². The maximum absolute atomic E-state index is 12.3. The SMILES string of the molecule is CC1CCCN(Cc2ccc(NC(=O)C3(O)CCSCC3)cc2)C1. The number of anilines is 1. The van der Waals surface area contributed by atoms with E-state index < -0.39 is 5.60 Å². The fourth-order valence-corrected chi connectivity index (χ4v) is 4.73. The molecule has 3 rings (SSSR count). The minimum atomic E-state index is -1.20. The third kappa shape index (κ3) is 4.52. The number of rotatable bonds is 4. The molecule has 1 aromatic carbocycles. The van der Waals surface area contributed by atoms with Crippen molar-refractivity contribution in [2.75, 3.05) is 29.9 Å². The van der Waals surface area contributed by atoms with Crippen LogP contribution in [0.25, 0.3) is 0 Å². The van der Waals surface area contributed by atoms with Gasteiger partial charge >= 0.3 is 0 Å². The van der Waals surface area contributed by atoms with E-state index in [-0.39, 0.29) is 5.91 Å². The molecule has 1 unspecified atom stereocenters. The minimum absolute atomic E-state index is 0.264. The molecule has 2 fully saturated rings. The number of nitrogens with zero attached hydrogens (tertiary/aromatic N) is 1. The molecule has 0 radical (unpaired) electrons. The van der Waals surface area contributed by atoms with Crippen molar-refractivity contribution in [2.45, 2.75) is 44.8 Å². The van der Waals surface area contributed by atoms with Gasteiger partial charge in [0.05, 0.1) is 0 Å². The molecule has 2 heterocycles. The molecule has 2 aliphatic rings. The monoisotopic (exact) mass is 348 g/mol. The summed E-state index contributed by atoms with van der Waals surface area (Å²) in [6, 6.07) is 8.05. The molecule has 2 aliphatic heterocycles. The highest BCUT2D eigenvalue weighted by atomic mass is 32.2. The summed E-state index contributed by atoms with van der Waals surface area (Å²) in [5.74, 6) is 2.21. The second-order valence-electron chi connectivity index (χ2n) is 7.28. The zero-order valence-corrected chi connectivity index (χ0v) is 15.3. The summed E-state index contributed by atoms with van der Waals surface area (Å²) in [5, 5.41) is 13.3. The quantitative estimate of drug-likeness (QED) is 0.878. The van der Waals surface area contributed by atoms with Crippen molar-refractivity contribution in [1.82, 2.24) is 4.90 Å². The molecule has 5 heteroatoms. The first kappa shape index (κ1) is 17.8. The predicted octanol–water partition coefficient (Wildman–Crippen LogP) is 3.12. The van der Waals surface area contributed by atoms with Crippen molar-refractivity contribution >= 4 is 23.4 Å². The smallest absolute Gasteiger partial charge is 0.256 e. The third-order valence-electron chi connectivity index (χ3n) is 5.10. The number of hydrogen-bond donors (Lipinski definition) is 2. The van der Waals surface area contributed by atoms with E-state index in [0.717, 1.165) is 29.7 Å². The Morgan fingerprint density at radius 3 is 2.71 bits per heavy atom. The molecular weight excluding hydrogens is 320 g/mol. The predicted molar refractivity (Wildman–Crippen MR) is 100 cm³/mol. The van der Waals surface area contributed by atoms with Crippen molar-refractivity contribution in [3.63, 3.8) is 0 Å². The largest absolute Gasteiger partial charge is 0.380 e. The highest BCUT2D eigenvalue weighted by Gasteiger charge is 2.37. The molecule has 0 saturated carbocycles. The van der Waals surface area contributed by atoms with Gasteiger partial charge in [-0.25, -0.2) is 0 Å². The molecule has 0 bridgehead atoms. The summed E-state index contributed by atoms with van der Waals surface area (Å²) in [7, 11) is 0. The van der Waals surface area contributed by atoms with Gasteiger partial charge in [0.1, 0.15) is 5.60 Å². The molecule has 4 nitrogen and oxygen atoms in total. The van der Waals surface area contributed by atoms with Crippen LogP contribution in [0.3, 0.4) is 0 Å². The number of carbonyl (C=O) groups is 1. The van der Waals surface area contributed by atoms with Gasteiger partial charge in [0.25, 0.3) is 5.91 Å². The molecule has 132 valence electrons. The number of piperidine rings is 1. The molecule has 0 aliphatic carbocycles. The van der Waals surface area contributed by atoms with Gasteiger partial charge < -0.3 is 10.4 Å². The fraction of sp³-hybridized carbons (Fsp3) is 0.632. The molecule has 24 heavy (non-hydrogen) atoms. The molecule has 2 N–H and O–H groups in total. The van der Waals surface area contributed by atoms with Crippen LogP contribution in [0.1, 0.15) is 38.2 Å². The zero-order chi connectivity index (χ0) is 17.0. The number of aliphatic hydroxyl groups is 1. The number of likely N-dealkylation sites (tertiary alicyclic amines) is 1.